The third-order valence-electron chi connectivity index (χ3n) is 3.21. The Morgan fingerprint density at radius 2 is 2.00 bits per heavy atom. The van der Waals surface area contributed by atoms with E-state index < -0.39 is 0 Å². The van der Waals surface area contributed by atoms with Gasteiger partial charge in [0.15, 0.2) is 5.65 Å². The molecule has 2 heterocycles. The summed E-state index contributed by atoms with van der Waals surface area (Å²) in [4.78, 5) is 8.77. The number of fused-ring (bicyclic) bond motifs is 1. The average Bonchev–Trinajstić information content (AvgIpc) is 2.80. The van der Waals surface area contributed by atoms with Crippen LogP contribution in [-0.4, -0.2) is 26.2 Å². The minimum atomic E-state index is -0.247. The number of rotatable bonds is 4. The largest absolute Gasteiger partial charge is 0.395 e. The van der Waals surface area contributed by atoms with E-state index in [1.54, 1.807) is 24.4 Å². The average molecular weight is 271 g/mol. The van der Waals surface area contributed by atoms with E-state index >= 15 is 0 Å². The molecule has 0 fully saturated rings. The maximum atomic E-state index is 13.7. The Balaban J connectivity index is 2.06. The summed E-state index contributed by atoms with van der Waals surface area (Å²) in [5.41, 5.74) is 2.06. The summed E-state index contributed by atoms with van der Waals surface area (Å²) in [5, 5.41) is 9.19. The molecule has 0 spiro atoms. The molecule has 2 aromatic heterocycles. The van der Waals surface area contributed by atoms with Crippen molar-refractivity contribution in [2.75, 3.05) is 6.61 Å². The predicted molar refractivity (Wildman–Crippen MR) is 73.8 cm³/mol. The minimum Gasteiger partial charge on any atom is -0.395 e. The van der Waals surface area contributed by atoms with Crippen LogP contribution in [0.2, 0.25) is 0 Å². The zero-order valence-electron chi connectivity index (χ0n) is 10.8. The van der Waals surface area contributed by atoms with Gasteiger partial charge in [0.2, 0.25) is 0 Å². The van der Waals surface area contributed by atoms with Crippen LogP contribution in [0.4, 0.5) is 4.39 Å². The molecule has 0 aliphatic rings. The minimum absolute atomic E-state index is 0.00763. The molecule has 0 aliphatic heterocycles. The fraction of sp³-hybridized carbons (Fsp3) is 0.200. The Bertz CT molecular complexity index is 739. The lowest BCUT2D eigenvalue weighted by atomic mass is 10.1. The monoisotopic (exact) mass is 271 g/mol. The second kappa shape index (κ2) is 5.38. The number of benzene rings is 1. The first-order chi connectivity index (χ1) is 9.79. The van der Waals surface area contributed by atoms with Gasteiger partial charge in [-0.05, 0) is 23.8 Å². The van der Waals surface area contributed by atoms with Gasteiger partial charge in [-0.1, -0.05) is 18.2 Å². The molecule has 5 heteroatoms. The van der Waals surface area contributed by atoms with Gasteiger partial charge in [-0.15, -0.1) is 0 Å². The van der Waals surface area contributed by atoms with Crippen LogP contribution in [0.5, 0.6) is 0 Å². The maximum Gasteiger partial charge on any atom is 0.160 e. The molecular formula is C15H14FN3O. The van der Waals surface area contributed by atoms with Crippen molar-refractivity contribution in [2.45, 2.75) is 13.0 Å². The molecule has 3 aromatic rings. The highest BCUT2D eigenvalue weighted by molar-refractivity contribution is 5.71. The number of pyridine rings is 1. The van der Waals surface area contributed by atoms with Crippen LogP contribution in [0.3, 0.4) is 0 Å². The Kier molecular flexibility index (Phi) is 3.43. The van der Waals surface area contributed by atoms with E-state index in [0.29, 0.717) is 30.0 Å². The summed E-state index contributed by atoms with van der Waals surface area (Å²) in [6.07, 6.45) is 2.06. The van der Waals surface area contributed by atoms with Crippen LogP contribution in [-0.2, 0) is 13.0 Å². The second-order valence-corrected chi connectivity index (χ2v) is 4.52. The summed E-state index contributed by atoms with van der Waals surface area (Å²) in [7, 11) is 0. The summed E-state index contributed by atoms with van der Waals surface area (Å²) in [6, 6.07) is 10.3. The molecule has 0 saturated heterocycles. The molecule has 0 saturated carbocycles. The van der Waals surface area contributed by atoms with Gasteiger partial charge in [0.1, 0.15) is 17.2 Å². The molecule has 0 bridgehead atoms. The van der Waals surface area contributed by atoms with Crippen LogP contribution in [0.1, 0.15) is 11.4 Å². The van der Waals surface area contributed by atoms with E-state index in [9.17, 15) is 9.50 Å². The Morgan fingerprint density at radius 1 is 1.15 bits per heavy atom. The van der Waals surface area contributed by atoms with Gasteiger partial charge in [-0.2, -0.15) is 0 Å². The highest BCUT2D eigenvalue weighted by Gasteiger charge is 2.13. The van der Waals surface area contributed by atoms with Gasteiger partial charge < -0.3 is 9.67 Å². The fourth-order valence-corrected chi connectivity index (χ4v) is 2.29. The first-order valence-electron chi connectivity index (χ1n) is 6.44. The molecule has 4 nitrogen and oxygen atoms in total. The van der Waals surface area contributed by atoms with Crippen molar-refractivity contribution in [1.82, 2.24) is 14.5 Å². The first-order valence-corrected chi connectivity index (χ1v) is 6.44. The van der Waals surface area contributed by atoms with Crippen molar-refractivity contribution < 1.29 is 9.50 Å². The topological polar surface area (TPSA) is 50.9 Å². The molecule has 0 radical (unpaired) electrons. The van der Waals surface area contributed by atoms with Crippen LogP contribution in [0, 0.1) is 5.82 Å². The molecule has 102 valence electrons. The number of aliphatic hydroxyl groups excluding tert-OH is 1. The predicted octanol–water partition coefficient (Wildman–Crippen LogP) is 2.15. The number of imidazole rings is 1. The van der Waals surface area contributed by atoms with E-state index in [1.807, 2.05) is 16.7 Å². The third kappa shape index (κ3) is 2.28. The zero-order chi connectivity index (χ0) is 13.9. The summed E-state index contributed by atoms with van der Waals surface area (Å²) in [5.74, 6) is 0.459. The normalized spacial score (nSPS) is 11.1. The van der Waals surface area contributed by atoms with Gasteiger partial charge in [0, 0.05) is 19.2 Å². The maximum absolute atomic E-state index is 13.7. The molecule has 1 N–H and O–H groups in total. The van der Waals surface area contributed by atoms with Crippen LogP contribution < -0.4 is 0 Å². The molecule has 0 amide bonds. The van der Waals surface area contributed by atoms with Gasteiger partial charge in [0.05, 0.1) is 6.61 Å². The standard InChI is InChI=1S/C15H14FN3O/c16-12-5-2-1-4-11(12)10-14-18-13-6-3-7-17-15(13)19(14)8-9-20/h1-7,20H,8-10H2. The summed E-state index contributed by atoms with van der Waals surface area (Å²) >= 11 is 0. The van der Waals surface area contributed by atoms with Crippen LogP contribution in [0.15, 0.2) is 42.6 Å². The number of hydrogen-bond acceptors (Lipinski definition) is 3. The molecule has 0 aliphatic carbocycles. The molecule has 3 rings (SSSR count). The first kappa shape index (κ1) is 12.7. The lowest BCUT2D eigenvalue weighted by molar-refractivity contribution is 0.276. The lowest BCUT2D eigenvalue weighted by Crippen LogP contribution is -2.08. The SMILES string of the molecule is OCCn1c(Cc2ccccc2F)nc2cccnc21. The Labute approximate surface area is 115 Å². The molecule has 0 atom stereocenters. The number of nitrogens with zero attached hydrogens (tertiary/aromatic N) is 3. The van der Waals surface area contributed by atoms with Gasteiger partial charge >= 0.3 is 0 Å². The van der Waals surface area contributed by atoms with E-state index in [-0.39, 0.29) is 12.4 Å². The molecule has 1 aromatic carbocycles. The Morgan fingerprint density at radius 3 is 2.80 bits per heavy atom. The van der Waals surface area contributed by atoms with Crippen LogP contribution in [0.25, 0.3) is 11.2 Å². The van der Waals surface area contributed by atoms with E-state index in [4.69, 9.17) is 0 Å². The van der Waals surface area contributed by atoms with Crippen molar-refractivity contribution in [1.29, 1.82) is 0 Å². The molecular weight excluding hydrogens is 257 g/mol. The van der Waals surface area contributed by atoms with E-state index in [0.717, 1.165) is 5.52 Å². The number of aliphatic hydroxyl groups is 1. The highest BCUT2D eigenvalue weighted by atomic mass is 19.1. The Hall–Kier alpha value is -2.27. The van der Waals surface area contributed by atoms with Crippen LogP contribution >= 0.6 is 0 Å². The molecule has 20 heavy (non-hydrogen) atoms. The quantitative estimate of drug-likeness (QED) is 0.791. The second-order valence-electron chi connectivity index (χ2n) is 4.52. The smallest absolute Gasteiger partial charge is 0.160 e. The zero-order valence-corrected chi connectivity index (χ0v) is 10.8. The highest BCUT2D eigenvalue weighted by Crippen LogP contribution is 2.18. The van der Waals surface area contributed by atoms with E-state index in [2.05, 4.69) is 9.97 Å². The number of hydrogen-bond donors (Lipinski definition) is 1. The molecule has 0 unspecified atom stereocenters. The van der Waals surface area contributed by atoms with Gasteiger partial charge in [0.25, 0.3) is 0 Å². The summed E-state index contributed by atoms with van der Waals surface area (Å²) in [6.45, 7) is 0.392. The number of halogens is 1. The van der Waals surface area contributed by atoms with Crippen molar-refractivity contribution in [2.24, 2.45) is 0 Å². The fourth-order valence-electron chi connectivity index (χ4n) is 2.29. The van der Waals surface area contributed by atoms with Crippen molar-refractivity contribution in [3.05, 3.63) is 59.8 Å². The van der Waals surface area contributed by atoms with Crippen molar-refractivity contribution >= 4 is 11.2 Å². The van der Waals surface area contributed by atoms with Gasteiger partial charge in [-0.3, -0.25) is 0 Å². The summed E-state index contributed by atoms with van der Waals surface area (Å²) < 4.78 is 15.6. The third-order valence-corrected chi connectivity index (χ3v) is 3.21. The van der Waals surface area contributed by atoms with Gasteiger partial charge in [-0.25, -0.2) is 14.4 Å². The van der Waals surface area contributed by atoms with Crippen molar-refractivity contribution in [3.63, 3.8) is 0 Å². The number of aromatic nitrogens is 3. The van der Waals surface area contributed by atoms with Crippen molar-refractivity contribution in [3.8, 4) is 0 Å². The van der Waals surface area contributed by atoms with E-state index in [1.165, 1.54) is 6.07 Å². The lowest BCUT2D eigenvalue weighted by Gasteiger charge is -2.07.